The zero-order chi connectivity index (χ0) is 24.4. The molecule has 11 heteroatoms. The summed E-state index contributed by atoms with van der Waals surface area (Å²) in [7, 11) is 0. The maximum atomic E-state index is 14.8. The van der Waals surface area contributed by atoms with Gasteiger partial charge < -0.3 is 26.2 Å². The molecule has 0 saturated carbocycles. The van der Waals surface area contributed by atoms with E-state index >= 15 is 0 Å². The van der Waals surface area contributed by atoms with E-state index in [4.69, 9.17) is 5.11 Å². The summed E-state index contributed by atoms with van der Waals surface area (Å²) in [5, 5.41) is 33.0. The summed E-state index contributed by atoms with van der Waals surface area (Å²) in [6.07, 6.45) is 3.97. The zero-order valence-electron chi connectivity index (χ0n) is 18.6. The van der Waals surface area contributed by atoms with Crippen LogP contribution < -0.4 is 16.0 Å². The average molecular weight is 478 g/mol. The molecule has 0 radical (unpaired) electrons. The fourth-order valence-corrected chi connectivity index (χ4v) is 4.12. The number of aromatic nitrogens is 4. The number of piperidine rings is 1. The predicted octanol–water partition coefficient (Wildman–Crippen LogP) is 2.67. The summed E-state index contributed by atoms with van der Waals surface area (Å²) in [4.78, 5) is 20.5. The van der Waals surface area contributed by atoms with Crippen LogP contribution >= 0.6 is 0 Å². The number of carboxylic acids is 1. The van der Waals surface area contributed by atoms with Gasteiger partial charge in [0, 0.05) is 42.5 Å². The molecule has 0 bridgehead atoms. The smallest absolute Gasteiger partial charge is 0.309 e. The lowest BCUT2D eigenvalue weighted by molar-refractivity contribution is -0.142. The fourth-order valence-electron chi connectivity index (χ4n) is 4.12. The topological polar surface area (TPSA) is 137 Å². The first-order chi connectivity index (χ1) is 17.0. The standard InChI is InChI=1S/C24H24FN7O3/c25-18-9-16(32-8-6-15(13-33)31-32)2-3-20(18)29-23-10-21-14(11-27-23)1-4-22(30-21)28-19-5-7-26-12-17(19)24(34)35/h1-4,6,8-11,17,19,26,33H,5,7,12-13H2,(H,27,29)(H,28,30)(H,34,35)/t17-,19-/m1/s1. The number of rotatable bonds is 7. The van der Waals surface area contributed by atoms with Crippen molar-refractivity contribution in [3.63, 3.8) is 0 Å². The highest BCUT2D eigenvalue weighted by atomic mass is 19.1. The van der Waals surface area contributed by atoms with Gasteiger partial charge >= 0.3 is 5.97 Å². The number of carboxylic acid groups (broad SMARTS) is 1. The summed E-state index contributed by atoms with van der Waals surface area (Å²) in [5.41, 5.74) is 1.89. The van der Waals surface area contributed by atoms with Crippen molar-refractivity contribution in [2.24, 2.45) is 5.92 Å². The van der Waals surface area contributed by atoms with Crippen molar-refractivity contribution in [3.8, 4) is 5.69 Å². The third-order valence-electron chi connectivity index (χ3n) is 5.99. The van der Waals surface area contributed by atoms with Crippen molar-refractivity contribution in [1.82, 2.24) is 25.1 Å². The van der Waals surface area contributed by atoms with Crippen LogP contribution in [0.2, 0.25) is 0 Å². The van der Waals surface area contributed by atoms with Gasteiger partial charge in [-0.25, -0.2) is 19.0 Å². The van der Waals surface area contributed by atoms with Crippen molar-refractivity contribution in [1.29, 1.82) is 0 Å². The minimum Gasteiger partial charge on any atom is -0.481 e. The van der Waals surface area contributed by atoms with Crippen LogP contribution in [0.15, 0.2) is 54.9 Å². The Balaban J connectivity index is 1.35. The van der Waals surface area contributed by atoms with E-state index in [1.807, 2.05) is 6.07 Å². The molecule has 5 N–H and O–H groups in total. The van der Waals surface area contributed by atoms with Gasteiger partial charge in [-0.1, -0.05) is 0 Å². The molecular formula is C24H24FN7O3. The van der Waals surface area contributed by atoms with Gasteiger partial charge in [-0.3, -0.25) is 4.79 Å². The van der Waals surface area contributed by atoms with Gasteiger partial charge in [0.1, 0.15) is 17.5 Å². The molecule has 3 aromatic heterocycles. The number of hydrogen-bond acceptors (Lipinski definition) is 8. The second-order valence-electron chi connectivity index (χ2n) is 8.35. The summed E-state index contributed by atoms with van der Waals surface area (Å²) < 4.78 is 16.3. The van der Waals surface area contributed by atoms with E-state index in [2.05, 4.69) is 31.0 Å². The van der Waals surface area contributed by atoms with Crippen molar-refractivity contribution >= 4 is 34.2 Å². The minimum absolute atomic E-state index is 0.188. The van der Waals surface area contributed by atoms with Gasteiger partial charge in [0.25, 0.3) is 0 Å². The number of hydrogen-bond donors (Lipinski definition) is 5. The molecular weight excluding hydrogens is 453 g/mol. The van der Waals surface area contributed by atoms with E-state index in [0.717, 1.165) is 11.9 Å². The Bertz CT molecular complexity index is 1380. The molecule has 4 aromatic rings. The van der Waals surface area contributed by atoms with Crippen LogP contribution in [0.5, 0.6) is 0 Å². The third-order valence-corrected chi connectivity index (χ3v) is 5.99. The number of nitrogens with zero attached hydrogens (tertiary/aromatic N) is 4. The SMILES string of the molecule is O=C(O)[C@@H]1CNCC[C@H]1Nc1ccc2cnc(Nc3ccc(-n4ccc(CO)n4)cc3F)cc2n1. The normalized spacial score (nSPS) is 17.9. The van der Waals surface area contributed by atoms with Gasteiger partial charge in [-0.2, -0.15) is 5.10 Å². The number of carbonyl (C=O) groups is 1. The lowest BCUT2D eigenvalue weighted by atomic mass is 9.93. The van der Waals surface area contributed by atoms with Crippen LogP contribution in [-0.4, -0.2) is 55.1 Å². The lowest BCUT2D eigenvalue weighted by Crippen LogP contribution is -2.47. The highest BCUT2D eigenvalue weighted by Crippen LogP contribution is 2.25. The van der Waals surface area contributed by atoms with Crippen molar-refractivity contribution in [2.75, 3.05) is 23.7 Å². The molecule has 5 rings (SSSR count). The quantitative estimate of drug-likeness (QED) is 0.272. The number of benzene rings is 1. The number of anilines is 3. The number of aliphatic hydroxyl groups excluding tert-OH is 1. The fraction of sp³-hybridized carbons (Fsp3) is 0.250. The van der Waals surface area contributed by atoms with Gasteiger partial charge in [-0.15, -0.1) is 0 Å². The van der Waals surface area contributed by atoms with Crippen molar-refractivity contribution in [3.05, 3.63) is 66.4 Å². The first kappa shape index (κ1) is 22.7. The van der Waals surface area contributed by atoms with E-state index < -0.39 is 17.7 Å². The highest BCUT2D eigenvalue weighted by Gasteiger charge is 2.30. The maximum absolute atomic E-state index is 14.8. The first-order valence-corrected chi connectivity index (χ1v) is 11.2. The van der Waals surface area contributed by atoms with Crippen LogP contribution in [0.4, 0.5) is 21.7 Å². The van der Waals surface area contributed by atoms with E-state index in [0.29, 0.717) is 41.5 Å². The molecule has 0 aliphatic carbocycles. The van der Waals surface area contributed by atoms with Gasteiger partial charge in [0.15, 0.2) is 0 Å². The zero-order valence-corrected chi connectivity index (χ0v) is 18.6. The molecule has 35 heavy (non-hydrogen) atoms. The molecule has 4 heterocycles. The van der Waals surface area contributed by atoms with Gasteiger partial charge in [0.05, 0.1) is 35.1 Å². The van der Waals surface area contributed by atoms with Crippen LogP contribution in [0.1, 0.15) is 12.1 Å². The largest absolute Gasteiger partial charge is 0.481 e. The summed E-state index contributed by atoms with van der Waals surface area (Å²) in [6.45, 7) is 0.957. The molecule has 0 unspecified atom stereocenters. The Labute approximate surface area is 199 Å². The number of aliphatic hydroxyl groups is 1. The van der Waals surface area contributed by atoms with E-state index in [1.54, 1.807) is 42.7 Å². The number of pyridine rings is 2. The lowest BCUT2D eigenvalue weighted by Gasteiger charge is -2.30. The number of fused-ring (bicyclic) bond motifs is 1. The predicted molar refractivity (Wildman–Crippen MR) is 128 cm³/mol. The molecule has 1 aliphatic heterocycles. The maximum Gasteiger partial charge on any atom is 0.309 e. The summed E-state index contributed by atoms with van der Waals surface area (Å²) in [5.74, 6) is -0.885. The highest BCUT2D eigenvalue weighted by molar-refractivity contribution is 5.82. The molecule has 2 atom stereocenters. The first-order valence-electron chi connectivity index (χ1n) is 11.2. The van der Waals surface area contributed by atoms with Crippen molar-refractivity contribution < 1.29 is 19.4 Å². The third kappa shape index (κ3) is 4.91. The number of nitrogens with one attached hydrogen (secondary N) is 3. The molecule has 0 amide bonds. The second-order valence-corrected chi connectivity index (χ2v) is 8.35. The molecule has 1 saturated heterocycles. The van der Waals surface area contributed by atoms with E-state index in [-0.39, 0.29) is 18.3 Å². The number of halogens is 1. The minimum atomic E-state index is -0.847. The Morgan fingerprint density at radius 1 is 1.20 bits per heavy atom. The Morgan fingerprint density at radius 2 is 2.09 bits per heavy atom. The van der Waals surface area contributed by atoms with E-state index in [9.17, 15) is 14.3 Å². The molecule has 1 aliphatic rings. The van der Waals surface area contributed by atoms with E-state index in [1.165, 1.54) is 10.7 Å². The average Bonchev–Trinajstić information content (AvgIpc) is 3.35. The molecule has 10 nitrogen and oxygen atoms in total. The Morgan fingerprint density at radius 3 is 2.86 bits per heavy atom. The van der Waals surface area contributed by atoms with Crippen LogP contribution in [-0.2, 0) is 11.4 Å². The van der Waals surface area contributed by atoms with Gasteiger partial charge in [-0.05, 0) is 43.3 Å². The molecule has 180 valence electrons. The molecule has 0 spiro atoms. The number of aliphatic carboxylic acids is 1. The Hall–Kier alpha value is -4.09. The summed E-state index contributed by atoms with van der Waals surface area (Å²) in [6, 6.07) is 11.4. The Kier molecular flexibility index (Phi) is 6.25. The van der Waals surface area contributed by atoms with Crippen LogP contribution in [0.3, 0.4) is 0 Å². The summed E-state index contributed by atoms with van der Waals surface area (Å²) >= 11 is 0. The molecule has 1 fully saturated rings. The van der Waals surface area contributed by atoms with Crippen LogP contribution in [0.25, 0.3) is 16.6 Å². The van der Waals surface area contributed by atoms with Gasteiger partial charge in [0.2, 0.25) is 0 Å². The van der Waals surface area contributed by atoms with Crippen molar-refractivity contribution in [2.45, 2.75) is 19.1 Å². The monoisotopic (exact) mass is 477 g/mol. The second kappa shape index (κ2) is 9.65. The van der Waals surface area contributed by atoms with Crippen LogP contribution in [0, 0.1) is 11.7 Å². The molecule has 1 aromatic carbocycles.